The Kier molecular flexibility index (Phi) is 2.31. The second kappa shape index (κ2) is 3.32. The standard InChI is InChI=1S/C13H20/c1-3-5-6-12-9-11-7-8-13(12,4-2)10-11/h4,9,11H,2-3,5-8,10H2,1H3. The Labute approximate surface area is 81.7 Å². The number of rotatable bonds is 4. The van der Waals surface area contributed by atoms with Crippen LogP contribution in [0.5, 0.6) is 0 Å². The van der Waals surface area contributed by atoms with E-state index in [1.165, 1.54) is 38.5 Å². The predicted molar refractivity (Wildman–Crippen MR) is 57.6 cm³/mol. The van der Waals surface area contributed by atoms with Crippen LogP contribution < -0.4 is 0 Å². The zero-order valence-electron chi connectivity index (χ0n) is 8.68. The van der Waals surface area contributed by atoms with Crippen molar-refractivity contribution in [1.82, 2.24) is 0 Å². The van der Waals surface area contributed by atoms with Gasteiger partial charge in [-0.05, 0) is 38.0 Å². The molecule has 0 N–H and O–H groups in total. The molecular formula is C13H20. The van der Waals surface area contributed by atoms with E-state index in [9.17, 15) is 0 Å². The molecule has 0 heteroatoms. The Morgan fingerprint density at radius 2 is 2.54 bits per heavy atom. The van der Waals surface area contributed by atoms with Gasteiger partial charge < -0.3 is 0 Å². The highest BCUT2D eigenvalue weighted by Gasteiger charge is 2.43. The van der Waals surface area contributed by atoms with E-state index in [4.69, 9.17) is 0 Å². The Bertz CT molecular complexity index is 236. The first-order valence-corrected chi connectivity index (χ1v) is 5.65. The maximum absolute atomic E-state index is 4.03. The maximum atomic E-state index is 4.03. The van der Waals surface area contributed by atoms with Gasteiger partial charge in [-0.3, -0.25) is 0 Å². The summed E-state index contributed by atoms with van der Waals surface area (Å²) in [5.41, 5.74) is 2.15. The first-order chi connectivity index (χ1) is 6.30. The van der Waals surface area contributed by atoms with Crippen molar-refractivity contribution < 1.29 is 0 Å². The minimum Gasteiger partial charge on any atom is -0.102 e. The topological polar surface area (TPSA) is 0 Å². The fourth-order valence-corrected chi connectivity index (χ4v) is 3.02. The van der Waals surface area contributed by atoms with E-state index >= 15 is 0 Å². The molecule has 0 aromatic rings. The normalized spacial score (nSPS) is 36.4. The molecule has 2 aliphatic rings. The smallest absolute Gasteiger partial charge is 0.00940 e. The van der Waals surface area contributed by atoms with Crippen molar-refractivity contribution in [2.75, 3.05) is 0 Å². The van der Waals surface area contributed by atoms with Gasteiger partial charge in [0.1, 0.15) is 0 Å². The summed E-state index contributed by atoms with van der Waals surface area (Å²) in [6.45, 7) is 6.30. The van der Waals surface area contributed by atoms with Gasteiger partial charge in [0.05, 0.1) is 0 Å². The molecule has 13 heavy (non-hydrogen) atoms. The van der Waals surface area contributed by atoms with Crippen LogP contribution in [0.25, 0.3) is 0 Å². The summed E-state index contributed by atoms with van der Waals surface area (Å²) < 4.78 is 0. The van der Waals surface area contributed by atoms with Gasteiger partial charge in [0.15, 0.2) is 0 Å². The average Bonchev–Trinajstić information content (AvgIpc) is 2.72. The molecule has 0 radical (unpaired) electrons. The van der Waals surface area contributed by atoms with E-state index < -0.39 is 0 Å². The zero-order valence-corrected chi connectivity index (χ0v) is 8.68. The Hall–Kier alpha value is -0.520. The highest BCUT2D eigenvalue weighted by molar-refractivity contribution is 5.31. The Balaban J connectivity index is 2.10. The van der Waals surface area contributed by atoms with Crippen molar-refractivity contribution in [2.45, 2.75) is 45.4 Å². The summed E-state index contributed by atoms with van der Waals surface area (Å²) in [7, 11) is 0. The summed E-state index contributed by atoms with van der Waals surface area (Å²) in [4.78, 5) is 0. The van der Waals surface area contributed by atoms with Crippen LogP contribution in [0.3, 0.4) is 0 Å². The highest BCUT2D eigenvalue weighted by atomic mass is 14.5. The molecule has 0 heterocycles. The lowest BCUT2D eigenvalue weighted by molar-refractivity contribution is 0.468. The molecular weight excluding hydrogens is 156 g/mol. The minimum absolute atomic E-state index is 0.444. The molecule has 0 amide bonds. The molecule has 2 rings (SSSR count). The fraction of sp³-hybridized carbons (Fsp3) is 0.692. The molecule has 2 unspecified atom stereocenters. The number of unbranched alkanes of at least 4 members (excludes halogenated alkanes) is 1. The SMILES string of the molecule is C=CC12CCC(C=C1CCCC)C2. The molecule has 0 aromatic heterocycles. The summed E-state index contributed by atoms with van der Waals surface area (Å²) in [5, 5.41) is 0. The maximum Gasteiger partial charge on any atom is 0.00940 e. The van der Waals surface area contributed by atoms with E-state index in [-0.39, 0.29) is 0 Å². The second-order valence-electron chi connectivity index (χ2n) is 4.66. The molecule has 0 spiro atoms. The van der Waals surface area contributed by atoms with Crippen LogP contribution in [0.4, 0.5) is 0 Å². The van der Waals surface area contributed by atoms with Crippen molar-refractivity contribution in [3.05, 3.63) is 24.3 Å². The molecule has 1 saturated carbocycles. The quantitative estimate of drug-likeness (QED) is 0.566. The Morgan fingerprint density at radius 3 is 3.15 bits per heavy atom. The van der Waals surface area contributed by atoms with Crippen molar-refractivity contribution in [2.24, 2.45) is 11.3 Å². The number of hydrogen-bond donors (Lipinski definition) is 0. The minimum atomic E-state index is 0.444. The van der Waals surface area contributed by atoms with Crippen LogP contribution in [0, 0.1) is 11.3 Å². The van der Waals surface area contributed by atoms with Gasteiger partial charge in [0, 0.05) is 5.41 Å². The fourth-order valence-electron chi connectivity index (χ4n) is 3.02. The largest absolute Gasteiger partial charge is 0.102 e. The second-order valence-corrected chi connectivity index (χ2v) is 4.66. The van der Waals surface area contributed by atoms with Crippen molar-refractivity contribution in [3.63, 3.8) is 0 Å². The molecule has 0 nitrogen and oxygen atoms in total. The molecule has 1 fully saturated rings. The predicted octanol–water partition coefficient (Wildman–Crippen LogP) is 4.09. The van der Waals surface area contributed by atoms with Gasteiger partial charge >= 0.3 is 0 Å². The van der Waals surface area contributed by atoms with E-state index in [0.717, 1.165) is 5.92 Å². The molecule has 72 valence electrons. The summed E-state index contributed by atoms with van der Waals surface area (Å²) in [5.74, 6) is 0.893. The monoisotopic (exact) mass is 176 g/mol. The van der Waals surface area contributed by atoms with E-state index in [1.54, 1.807) is 5.57 Å². The first-order valence-electron chi connectivity index (χ1n) is 5.65. The van der Waals surface area contributed by atoms with Gasteiger partial charge in [-0.1, -0.05) is 31.1 Å². The van der Waals surface area contributed by atoms with Gasteiger partial charge in [-0.15, -0.1) is 6.58 Å². The lowest BCUT2D eigenvalue weighted by Crippen LogP contribution is -2.14. The molecule has 0 aromatic carbocycles. The molecule has 0 saturated heterocycles. The van der Waals surface area contributed by atoms with Crippen molar-refractivity contribution in [1.29, 1.82) is 0 Å². The molecule has 2 atom stereocenters. The van der Waals surface area contributed by atoms with E-state index in [0.29, 0.717) is 5.41 Å². The summed E-state index contributed by atoms with van der Waals surface area (Å²) >= 11 is 0. The van der Waals surface area contributed by atoms with Gasteiger partial charge in [0.25, 0.3) is 0 Å². The number of allylic oxidation sites excluding steroid dienone is 3. The zero-order chi connectivity index (χ0) is 9.31. The van der Waals surface area contributed by atoms with Crippen LogP contribution in [0.15, 0.2) is 24.3 Å². The van der Waals surface area contributed by atoms with Crippen molar-refractivity contribution in [3.8, 4) is 0 Å². The van der Waals surface area contributed by atoms with Crippen LogP contribution in [-0.4, -0.2) is 0 Å². The van der Waals surface area contributed by atoms with Crippen LogP contribution in [-0.2, 0) is 0 Å². The molecule has 0 aliphatic heterocycles. The molecule has 2 bridgehead atoms. The average molecular weight is 176 g/mol. The van der Waals surface area contributed by atoms with E-state index in [1.807, 2.05) is 0 Å². The third kappa shape index (κ3) is 1.37. The number of hydrogen-bond acceptors (Lipinski definition) is 0. The first kappa shape index (κ1) is 9.05. The third-order valence-electron chi connectivity index (χ3n) is 3.85. The Morgan fingerprint density at radius 1 is 1.69 bits per heavy atom. The van der Waals surface area contributed by atoms with Gasteiger partial charge in [-0.25, -0.2) is 0 Å². The van der Waals surface area contributed by atoms with Crippen LogP contribution >= 0.6 is 0 Å². The third-order valence-corrected chi connectivity index (χ3v) is 3.85. The summed E-state index contributed by atoms with van der Waals surface area (Å²) in [6.07, 6.45) is 12.9. The lowest BCUT2D eigenvalue weighted by Gasteiger charge is -2.26. The van der Waals surface area contributed by atoms with Crippen LogP contribution in [0.1, 0.15) is 45.4 Å². The molecule has 2 aliphatic carbocycles. The van der Waals surface area contributed by atoms with Crippen LogP contribution in [0.2, 0.25) is 0 Å². The summed E-state index contributed by atoms with van der Waals surface area (Å²) in [6, 6.07) is 0. The highest BCUT2D eigenvalue weighted by Crippen LogP contribution is 2.55. The lowest BCUT2D eigenvalue weighted by atomic mass is 9.78. The van der Waals surface area contributed by atoms with Crippen molar-refractivity contribution >= 4 is 0 Å². The number of fused-ring (bicyclic) bond motifs is 2. The van der Waals surface area contributed by atoms with Gasteiger partial charge in [0.2, 0.25) is 0 Å². The van der Waals surface area contributed by atoms with E-state index in [2.05, 4.69) is 25.7 Å². The van der Waals surface area contributed by atoms with Gasteiger partial charge in [-0.2, -0.15) is 0 Å².